The van der Waals surface area contributed by atoms with Gasteiger partial charge < -0.3 is 20.8 Å². The van der Waals surface area contributed by atoms with Crippen LogP contribution in [0.3, 0.4) is 0 Å². The number of hydrogen-bond donors (Lipinski definition) is 4. The summed E-state index contributed by atoms with van der Waals surface area (Å²) in [7, 11) is 2.02. The van der Waals surface area contributed by atoms with Gasteiger partial charge in [0.25, 0.3) is 0 Å². The lowest BCUT2D eigenvalue weighted by molar-refractivity contribution is -0.140. The Kier molecular flexibility index (Phi) is 7.60. The van der Waals surface area contributed by atoms with Gasteiger partial charge in [0.1, 0.15) is 6.04 Å². The third-order valence-corrected chi connectivity index (χ3v) is 5.89. The molecule has 2 amide bonds. The zero-order valence-electron chi connectivity index (χ0n) is 17.3. The number of urea groups is 1. The van der Waals surface area contributed by atoms with E-state index in [2.05, 4.69) is 15.5 Å². The number of amides is 2. The number of benzene rings is 2. The molecule has 1 unspecified atom stereocenters. The van der Waals surface area contributed by atoms with E-state index in [0.29, 0.717) is 15.7 Å². The third-order valence-electron chi connectivity index (χ3n) is 5.36. The number of anilines is 1. The monoisotopic (exact) mass is 479 g/mol. The van der Waals surface area contributed by atoms with Gasteiger partial charge in [0, 0.05) is 28.7 Å². The van der Waals surface area contributed by atoms with E-state index in [0.717, 1.165) is 29.7 Å². The first-order valence-corrected chi connectivity index (χ1v) is 10.7. The predicted molar refractivity (Wildman–Crippen MR) is 122 cm³/mol. The lowest BCUT2D eigenvalue weighted by atomic mass is 9.88. The van der Waals surface area contributed by atoms with Crippen molar-refractivity contribution in [2.24, 2.45) is 0 Å². The number of carbonyl (C=O) groups excluding carboxylic acids is 1. The van der Waals surface area contributed by atoms with E-state index < -0.39 is 24.0 Å². The van der Waals surface area contributed by atoms with Crippen LogP contribution < -0.4 is 10.6 Å². The molecule has 0 fully saturated rings. The summed E-state index contributed by atoms with van der Waals surface area (Å²) in [4.78, 5) is 36.3. The Labute approximate surface area is 195 Å². The summed E-state index contributed by atoms with van der Waals surface area (Å²) in [5.74, 6) is -2.43. The van der Waals surface area contributed by atoms with E-state index in [-0.39, 0.29) is 18.9 Å². The van der Waals surface area contributed by atoms with Gasteiger partial charge >= 0.3 is 18.0 Å². The van der Waals surface area contributed by atoms with Crippen molar-refractivity contribution in [1.82, 2.24) is 10.2 Å². The average molecular weight is 480 g/mol. The van der Waals surface area contributed by atoms with E-state index in [1.807, 2.05) is 25.2 Å². The summed E-state index contributed by atoms with van der Waals surface area (Å²) >= 11 is 12.7. The molecule has 4 N–H and O–H groups in total. The smallest absolute Gasteiger partial charge is 0.326 e. The molecule has 10 heteroatoms. The molecule has 1 aliphatic rings. The van der Waals surface area contributed by atoms with Crippen LogP contribution in [0.15, 0.2) is 36.4 Å². The van der Waals surface area contributed by atoms with Crippen LogP contribution in [-0.2, 0) is 16.0 Å². The predicted octanol–water partition coefficient (Wildman–Crippen LogP) is 4.01. The van der Waals surface area contributed by atoms with E-state index in [4.69, 9.17) is 33.4 Å². The largest absolute Gasteiger partial charge is 0.481 e. The van der Waals surface area contributed by atoms with Gasteiger partial charge in [-0.15, -0.1) is 0 Å². The standard InChI is InChI=1S/C22H23Cl2N3O5/c1-27-9-8-13-10-14(23)11-16(24)19(13)20(27)12-2-4-15(5-3-12)25-22(32)26-17(21(30)31)6-7-18(28)29/h2-5,10-11,17,20H,6-9H2,1H3,(H,28,29)(H,30,31)(H2,25,26,32)/t17-,20?/m0/s1. The van der Waals surface area contributed by atoms with Crippen molar-refractivity contribution < 1.29 is 24.6 Å². The van der Waals surface area contributed by atoms with Crippen LogP contribution in [0.1, 0.15) is 35.6 Å². The first-order chi connectivity index (χ1) is 15.2. The molecule has 0 aromatic heterocycles. The SMILES string of the molecule is CN1CCc2cc(Cl)cc(Cl)c2C1c1ccc(NC(=O)N[C@@H](CCC(=O)O)C(=O)O)cc1. The minimum atomic E-state index is -1.30. The average Bonchev–Trinajstić information content (AvgIpc) is 2.71. The van der Waals surface area contributed by atoms with Crippen LogP contribution in [0, 0.1) is 0 Å². The van der Waals surface area contributed by atoms with Crippen LogP contribution in [-0.4, -0.2) is 52.7 Å². The molecule has 0 saturated carbocycles. The molecule has 32 heavy (non-hydrogen) atoms. The van der Waals surface area contributed by atoms with Crippen molar-refractivity contribution in [3.05, 3.63) is 63.1 Å². The van der Waals surface area contributed by atoms with E-state index in [9.17, 15) is 14.4 Å². The summed E-state index contributed by atoms with van der Waals surface area (Å²) < 4.78 is 0. The second-order valence-corrected chi connectivity index (χ2v) is 8.48. The molecule has 1 aliphatic heterocycles. The molecule has 0 saturated heterocycles. The molecular formula is C22H23Cl2N3O5. The first kappa shape index (κ1) is 23.8. The van der Waals surface area contributed by atoms with Crippen LogP contribution >= 0.6 is 23.2 Å². The lowest BCUT2D eigenvalue weighted by Crippen LogP contribution is -2.43. The molecule has 0 radical (unpaired) electrons. The highest BCUT2D eigenvalue weighted by molar-refractivity contribution is 6.35. The molecule has 2 atom stereocenters. The van der Waals surface area contributed by atoms with Crippen molar-refractivity contribution >= 4 is 46.9 Å². The van der Waals surface area contributed by atoms with Crippen molar-refractivity contribution in [3.8, 4) is 0 Å². The number of likely N-dealkylation sites (N-methyl/N-ethyl adjacent to an activating group) is 1. The van der Waals surface area contributed by atoms with E-state index in [1.54, 1.807) is 18.2 Å². The molecule has 0 spiro atoms. The van der Waals surface area contributed by atoms with Gasteiger partial charge in [0.2, 0.25) is 0 Å². The van der Waals surface area contributed by atoms with Gasteiger partial charge in [0.05, 0.1) is 6.04 Å². The Morgan fingerprint density at radius 3 is 2.47 bits per heavy atom. The van der Waals surface area contributed by atoms with Crippen LogP contribution in [0.5, 0.6) is 0 Å². The van der Waals surface area contributed by atoms with Crippen LogP contribution in [0.4, 0.5) is 10.5 Å². The van der Waals surface area contributed by atoms with Gasteiger partial charge in [0.15, 0.2) is 0 Å². The fourth-order valence-electron chi connectivity index (χ4n) is 3.82. The van der Waals surface area contributed by atoms with Gasteiger partial charge in [-0.2, -0.15) is 0 Å². The van der Waals surface area contributed by atoms with Gasteiger partial charge in [-0.25, -0.2) is 9.59 Å². The number of rotatable bonds is 7. The first-order valence-electron chi connectivity index (χ1n) is 9.96. The van der Waals surface area contributed by atoms with Crippen LogP contribution in [0.25, 0.3) is 0 Å². The Morgan fingerprint density at radius 2 is 1.84 bits per heavy atom. The number of carboxylic acids is 2. The van der Waals surface area contributed by atoms with Crippen LogP contribution in [0.2, 0.25) is 10.0 Å². The minimum Gasteiger partial charge on any atom is -0.481 e. The normalized spacial score (nSPS) is 16.7. The highest BCUT2D eigenvalue weighted by Crippen LogP contribution is 2.40. The summed E-state index contributed by atoms with van der Waals surface area (Å²) in [5, 5.41) is 23.9. The molecule has 1 heterocycles. The summed E-state index contributed by atoms with van der Waals surface area (Å²) in [5.41, 5.74) is 3.56. The molecule has 8 nitrogen and oxygen atoms in total. The number of fused-ring (bicyclic) bond motifs is 1. The number of hydrogen-bond acceptors (Lipinski definition) is 4. The topological polar surface area (TPSA) is 119 Å². The molecule has 2 aromatic carbocycles. The minimum absolute atomic E-state index is 0.0706. The number of aliphatic carboxylic acids is 2. The zero-order valence-corrected chi connectivity index (χ0v) is 18.8. The summed E-state index contributed by atoms with van der Waals surface area (Å²) in [6.07, 6.45) is 0.264. The molecular weight excluding hydrogens is 457 g/mol. The second-order valence-electron chi connectivity index (χ2n) is 7.64. The van der Waals surface area contributed by atoms with Crippen molar-refractivity contribution in [2.75, 3.05) is 18.9 Å². The number of nitrogens with one attached hydrogen (secondary N) is 2. The van der Waals surface area contributed by atoms with Crippen molar-refractivity contribution in [3.63, 3.8) is 0 Å². The third kappa shape index (κ3) is 5.70. The maximum Gasteiger partial charge on any atom is 0.326 e. The fraction of sp³-hybridized carbons (Fsp3) is 0.318. The highest BCUT2D eigenvalue weighted by atomic mass is 35.5. The maximum absolute atomic E-state index is 12.2. The lowest BCUT2D eigenvalue weighted by Gasteiger charge is -2.35. The van der Waals surface area contributed by atoms with E-state index in [1.165, 1.54) is 0 Å². The maximum atomic E-state index is 12.2. The molecule has 3 rings (SSSR count). The fourth-order valence-corrected chi connectivity index (χ4v) is 4.46. The summed E-state index contributed by atoms with van der Waals surface area (Å²) in [6.45, 7) is 0.837. The zero-order chi connectivity index (χ0) is 23.4. The Balaban J connectivity index is 1.72. The molecule has 0 bridgehead atoms. The Hall–Kier alpha value is -2.81. The van der Waals surface area contributed by atoms with Crippen molar-refractivity contribution in [2.45, 2.75) is 31.3 Å². The molecule has 170 valence electrons. The second kappa shape index (κ2) is 10.2. The summed E-state index contributed by atoms with van der Waals surface area (Å²) in [6, 6.07) is 8.75. The van der Waals surface area contributed by atoms with Gasteiger partial charge in [-0.3, -0.25) is 9.69 Å². The highest BCUT2D eigenvalue weighted by Gasteiger charge is 2.29. The number of carboxylic acid groups (broad SMARTS) is 2. The quantitative estimate of drug-likeness (QED) is 0.476. The number of halogens is 2. The van der Waals surface area contributed by atoms with Crippen molar-refractivity contribution in [1.29, 1.82) is 0 Å². The Bertz CT molecular complexity index is 1030. The number of nitrogens with zero attached hydrogens (tertiary/aromatic N) is 1. The van der Waals surface area contributed by atoms with Gasteiger partial charge in [-0.1, -0.05) is 35.3 Å². The number of carbonyl (C=O) groups is 3. The van der Waals surface area contributed by atoms with Gasteiger partial charge in [-0.05, 0) is 60.8 Å². The Morgan fingerprint density at radius 1 is 1.16 bits per heavy atom. The van der Waals surface area contributed by atoms with E-state index >= 15 is 0 Å². The molecule has 2 aromatic rings. The molecule has 0 aliphatic carbocycles.